The van der Waals surface area contributed by atoms with Crippen LogP contribution in [0, 0.1) is 6.92 Å². The van der Waals surface area contributed by atoms with E-state index >= 15 is 0 Å². The Labute approximate surface area is 129 Å². The lowest BCUT2D eigenvalue weighted by molar-refractivity contribution is 0.0166. The first-order chi connectivity index (χ1) is 10.3. The minimum Gasteiger partial charge on any atom is -0.314 e. The van der Waals surface area contributed by atoms with Gasteiger partial charge in [-0.3, -0.25) is 9.88 Å². The van der Waals surface area contributed by atoms with Gasteiger partial charge in [-0.15, -0.1) is 0 Å². The number of fused-ring (bicyclic) bond motifs is 2. The number of rotatable bonds is 5. The molecule has 2 unspecified atom stereocenters. The lowest BCUT2D eigenvalue weighted by Gasteiger charge is -2.49. The third-order valence-electron chi connectivity index (χ3n) is 5.26. The first-order valence-electron chi connectivity index (χ1n) is 8.67. The number of hydrogen-bond donors (Lipinski definition) is 1. The Balaban J connectivity index is 1.68. The zero-order valence-electron chi connectivity index (χ0n) is 13.5. The lowest BCUT2D eigenvalue weighted by atomic mass is 9.81. The minimum atomic E-state index is 0.737. The Morgan fingerprint density at radius 3 is 2.71 bits per heavy atom. The van der Waals surface area contributed by atoms with Gasteiger partial charge in [0.15, 0.2) is 0 Å². The van der Waals surface area contributed by atoms with Crippen molar-refractivity contribution in [3.63, 3.8) is 0 Å². The summed E-state index contributed by atoms with van der Waals surface area (Å²) in [6.45, 7) is 6.66. The van der Waals surface area contributed by atoms with Gasteiger partial charge in [-0.05, 0) is 57.2 Å². The van der Waals surface area contributed by atoms with Gasteiger partial charge in [-0.25, -0.2) is 0 Å². The maximum Gasteiger partial charge on any atom is 0.0573 e. The van der Waals surface area contributed by atoms with Crippen LogP contribution in [0.1, 0.15) is 56.7 Å². The maximum atomic E-state index is 4.61. The molecule has 0 saturated carbocycles. The molecule has 1 N–H and O–H groups in total. The van der Waals surface area contributed by atoms with Crippen LogP contribution in [-0.4, -0.2) is 34.6 Å². The smallest absolute Gasteiger partial charge is 0.0573 e. The number of aryl methyl sites for hydroxylation is 1. The standard InChI is InChI=1S/C18H29N3/c1-3-9-19-15-11-16-7-4-8-17(12-15)21(16)13-18-14(2)6-5-10-20-18/h5-6,10,15-17,19H,3-4,7-9,11-13H2,1-2H3. The summed E-state index contributed by atoms with van der Waals surface area (Å²) in [5.74, 6) is 0. The second-order valence-corrected chi connectivity index (χ2v) is 6.80. The van der Waals surface area contributed by atoms with Gasteiger partial charge in [-0.1, -0.05) is 19.4 Å². The second kappa shape index (κ2) is 6.89. The van der Waals surface area contributed by atoms with Crippen molar-refractivity contribution >= 4 is 0 Å². The van der Waals surface area contributed by atoms with E-state index in [2.05, 4.69) is 35.1 Å². The van der Waals surface area contributed by atoms with E-state index in [0.717, 1.165) is 24.7 Å². The van der Waals surface area contributed by atoms with Crippen LogP contribution in [0.3, 0.4) is 0 Å². The number of piperidine rings is 2. The highest BCUT2D eigenvalue weighted by atomic mass is 15.2. The normalized spacial score (nSPS) is 29.5. The largest absolute Gasteiger partial charge is 0.314 e. The highest BCUT2D eigenvalue weighted by Gasteiger charge is 2.38. The van der Waals surface area contributed by atoms with Gasteiger partial charge in [0.2, 0.25) is 0 Å². The lowest BCUT2D eigenvalue weighted by Crippen LogP contribution is -2.55. The molecular weight excluding hydrogens is 258 g/mol. The van der Waals surface area contributed by atoms with Crippen LogP contribution in [0.15, 0.2) is 18.3 Å². The molecule has 0 aliphatic carbocycles. The van der Waals surface area contributed by atoms with Crippen molar-refractivity contribution in [2.45, 2.75) is 77.0 Å². The molecule has 2 aliphatic rings. The molecule has 2 fully saturated rings. The number of nitrogens with one attached hydrogen (secondary N) is 1. The third-order valence-corrected chi connectivity index (χ3v) is 5.26. The first kappa shape index (κ1) is 15.0. The fraction of sp³-hybridized carbons (Fsp3) is 0.722. The number of hydrogen-bond acceptors (Lipinski definition) is 3. The topological polar surface area (TPSA) is 28.2 Å². The molecule has 3 heterocycles. The van der Waals surface area contributed by atoms with E-state index < -0.39 is 0 Å². The zero-order chi connectivity index (χ0) is 14.7. The summed E-state index contributed by atoms with van der Waals surface area (Å²) in [5.41, 5.74) is 2.61. The summed E-state index contributed by atoms with van der Waals surface area (Å²) in [5, 5.41) is 3.75. The van der Waals surface area contributed by atoms with E-state index in [1.807, 2.05) is 12.3 Å². The molecule has 116 valence electrons. The SMILES string of the molecule is CCCNC1CC2CCCC(C1)N2Cc1ncccc1C. The molecule has 0 radical (unpaired) electrons. The Kier molecular flexibility index (Phi) is 4.91. The summed E-state index contributed by atoms with van der Waals surface area (Å²) in [7, 11) is 0. The van der Waals surface area contributed by atoms with Gasteiger partial charge in [-0.2, -0.15) is 0 Å². The molecule has 2 saturated heterocycles. The van der Waals surface area contributed by atoms with Gasteiger partial charge in [0, 0.05) is 30.9 Å². The van der Waals surface area contributed by atoms with E-state index in [1.165, 1.54) is 56.3 Å². The van der Waals surface area contributed by atoms with Crippen molar-refractivity contribution in [1.29, 1.82) is 0 Å². The summed E-state index contributed by atoms with van der Waals surface area (Å²) >= 11 is 0. The predicted octanol–water partition coefficient (Wildman–Crippen LogP) is 3.28. The van der Waals surface area contributed by atoms with Crippen molar-refractivity contribution in [1.82, 2.24) is 15.2 Å². The Bertz CT molecular complexity index is 446. The molecule has 0 aromatic carbocycles. The number of pyridine rings is 1. The van der Waals surface area contributed by atoms with Gasteiger partial charge in [0.05, 0.1) is 5.69 Å². The monoisotopic (exact) mass is 287 g/mol. The van der Waals surface area contributed by atoms with E-state index in [0.29, 0.717) is 0 Å². The van der Waals surface area contributed by atoms with Crippen molar-refractivity contribution in [3.05, 3.63) is 29.6 Å². The van der Waals surface area contributed by atoms with Crippen LogP contribution >= 0.6 is 0 Å². The van der Waals surface area contributed by atoms with E-state index in [9.17, 15) is 0 Å². The number of aromatic nitrogens is 1. The maximum absolute atomic E-state index is 4.61. The second-order valence-electron chi connectivity index (χ2n) is 6.80. The summed E-state index contributed by atoms with van der Waals surface area (Å²) < 4.78 is 0. The quantitative estimate of drug-likeness (QED) is 0.901. The molecule has 2 atom stereocenters. The van der Waals surface area contributed by atoms with E-state index in [4.69, 9.17) is 0 Å². The molecule has 3 rings (SSSR count). The van der Waals surface area contributed by atoms with Crippen LogP contribution in [0.5, 0.6) is 0 Å². The molecule has 2 bridgehead atoms. The van der Waals surface area contributed by atoms with Crippen molar-refractivity contribution < 1.29 is 0 Å². The van der Waals surface area contributed by atoms with Crippen molar-refractivity contribution in [2.24, 2.45) is 0 Å². The summed E-state index contributed by atoms with van der Waals surface area (Å²) in [4.78, 5) is 7.36. The Morgan fingerprint density at radius 2 is 2.05 bits per heavy atom. The zero-order valence-corrected chi connectivity index (χ0v) is 13.5. The molecule has 1 aromatic heterocycles. The van der Waals surface area contributed by atoms with Crippen LogP contribution in [0.25, 0.3) is 0 Å². The Hall–Kier alpha value is -0.930. The molecular formula is C18H29N3. The molecule has 2 aliphatic heterocycles. The first-order valence-corrected chi connectivity index (χ1v) is 8.67. The van der Waals surface area contributed by atoms with Crippen LogP contribution in [0.2, 0.25) is 0 Å². The van der Waals surface area contributed by atoms with E-state index in [-0.39, 0.29) is 0 Å². The fourth-order valence-electron chi connectivity index (χ4n) is 4.11. The summed E-state index contributed by atoms with van der Waals surface area (Å²) in [6, 6.07) is 6.48. The van der Waals surface area contributed by atoms with Crippen LogP contribution < -0.4 is 5.32 Å². The van der Waals surface area contributed by atoms with Gasteiger partial charge in [0.1, 0.15) is 0 Å². The fourth-order valence-corrected chi connectivity index (χ4v) is 4.11. The van der Waals surface area contributed by atoms with Crippen LogP contribution in [0.4, 0.5) is 0 Å². The van der Waals surface area contributed by atoms with E-state index in [1.54, 1.807) is 0 Å². The molecule has 21 heavy (non-hydrogen) atoms. The van der Waals surface area contributed by atoms with Gasteiger partial charge >= 0.3 is 0 Å². The number of nitrogens with zero attached hydrogens (tertiary/aromatic N) is 2. The molecule has 0 spiro atoms. The Morgan fingerprint density at radius 1 is 1.29 bits per heavy atom. The molecule has 1 aromatic rings. The van der Waals surface area contributed by atoms with Crippen LogP contribution in [-0.2, 0) is 6.54 Å². The summed E-state index contributed by atoms with van der Waals surface area (Å²) in [6.07, 6.45) is 9.97. The minimum absolute atomic E-state index is 0.737. The molecule has 3 nitrogen and oxygen atoms in total. The average Bonchev–Trinajstić information content (AvgIpc) is 2.47. The van der Waals surface area contributed by atoms with Crippen molar-refractivity contribution in [2.75, 3.05) is 6.54 Å². The van der Waals surface area contributed by atoms with Gasteiger partial charge < -0.3 is 5.32 Å². The molecule has 3 heteroatoms. The average molecular weight is 287 g/mol. The highest BCUT2D eigenvalue weighted by Crippen LogP contribution is 2.35. The predicted molar refractivity (Wildman–Crippen MR) is 87.3 cm³/mol. The van der Waals surface area contributed by atoms with Crippen molar-refractivity contribution in [3.8, 4) is 0 Å². The highest BCUT2D eigenvalue weighted by molar-refractivity contribution is 5.18. The molecule has 0 amide bonds. The third kappa shape index (κ3) is 3.46. The van der Waals surface area contributed by atoms with Gasteiger partial charge in [0.25, 0.3) is 0 Å².